The fourth-order valence-electron chi connectivity index (χ4n) is 2.04. The van der Waals surface area contributed by atoms with E-state index >= 15 is 0 Å². The van der Waals surface area contributed by atoms with Crippen LogP contribution in [0.4, 0.5) is 4.39 Å². The van der Waals surface area contributed by atoms with E-state index in [9.17, 15) is 4.39 Å². The third-order valence-corrected chi connectivity index (χ3v) is 3.37. The van der Waals surface area contributed by atoms with E-state index in [0.717, 1.165) is 16.7 Å². The molecule has 100 valence electrons. The smallest absolute Gasteiger partial charge is 0.142 e. The Hall–Kier alpha value is -1.49. The molecule has 0 saturated heterocycles. The van der Waals surface area contributed by atoms with E-state index in [1.807, 2.05) is 13.0 Å². The first-order valence-electron chi connectivity index (χ1n) is 5.92. The van der Waals surface area contributed by atoms with Crippen LogP contribution in [0, 0.1) is 12.7 Å². The molecule has 0 aliphatic rings. The van der Waals surface area contributed by atoms with Crippen LogP contribution in [0.2, 0.25) is 5.02 Å². The molecule has 0 bridgehead atoms. The van der Waals surface area contributed by atoms with E-state index in [0.29, 0.717) is 6.42 Å². The summed E-state index contributed by atoms with van der Waals surface area (Å²) in [6.45, 7) is 1.97. The van der Waals surface area contributed by atoms with E-state index in [1.165, 1.54) is 6.07 Å². The fraction of sp³-hybridized carbons (Fsp3) is 0.214. The summed E-state index contributed by atoms with van der Waals surface area (Å²) >= 11 is 5.67. The molecule has 5 heteroatoms. The van der Waals surface area contributed by atoms with Gasteiger partial charge in [0.25, 0.3) is 0 Å². The molecule has 1 aromatic carbocycles. The topological polar surface area (TPSA) is 50.9 Å². The number of nitrogens with zero attached hydrogens (tertiary/aromatic N) is 1. The van der Waals surface area contributed by atoms with Crippen molar-refractivity contribution in [2.45, 2.75) is 19.4 Å². The number of nitrogens with one attached hydrogen (secondary N) is 1. The van der Waals surface area contributed by atoms with Gasteiger partial charge < -0.3 is 0 Å². The van der Waals surface area contributed by atoms with Gasteiger partial charge in [-0.1, -0.05) is 17.7 Å². The second kappa shape index (κ2) is 6.10. The van der Waals surface area contributed by atoms with Gasteiger partial charge in [0.2, 0.25) is 0 Å². The molecular formula is C14H15ClFN3. The molecule has 3 nitrogen and oxygen atoms in total. The lowest BCUT2D eigenvalue weighted by molar-refractivity contribution is 0.545. The summed E-state index contributed by atoms with van der Waals surface area (Å²) < 4.78 is 13.4. The first-order chi connectivity index (χ1) is 9.11. The maximum Gasteiger partial charge on any atom is 0.142 e. The minimum Gasteiger partial charge on any atom is -0.271 e. The Morgan fingerprint density at radius 1 is 1.42 bits per heavy atom. The largest absolute Gasteiger partial charge is 0.271 e. The number of benzene rings is 1. The van der Waals surface area contributed by atoms with Gasteiger partial charge >= 0.3 is 0 Å². The lowest BCUT2D eigenvalue weighted by Crippen LogP contribution is -2.30. The molecule has 0 fully saturated rings. The number of aromatic nitrogens is 1. The highest BCUT2D eigenvalue weighted by molar-refractivity contribution is 6.30. The van der Waals surface area contributed by atoms with Gasteiger partial charge in [-0.25, -0.2) is 4.39 Å². The summed E-state index contributed by atoms with van der Waals surface area (Å²) in [5.41, 5.74) is 5.68. The van der Waals surface area contributed by atoms with Crippen LogP contribution in [0.25, 0.3) is 0 Å². The summed E-state index contributed by atoms with van der Waals surface area (Å²) in [6, 6.07) is 6.60. The molecule has 19 heavy (non-hydrogen) atoms. The van der Waals surface area contributed by atoms with Crippen LogP contribution in [0.15, 0.2) is 36.7 Å². The molecule has 2 aromatic rings. The second-order valence-corrected chi connectivity index (χ2v) is 4.81. The average molecular weight is 280 g/mol. The molecule has 1 unspecified atom stereocenters. The highest BCUT2D eigenvalue weighted by atomic mass is 35.5. The Bertz CT molecular complexity index is 574. The molecule has 0 radical (unpaired) electrons. The lowest BCUT2D eigenvalue weighted by atomic mass is 9.97. The molecule has 0 spiro atoms. The normalized spacial score (nSPS) is 12.4. The molecule has 1 heterocycles. The van der Waals surface area contributed by atoms with E-state index in [4.69, 9.17) is 17.4 Å². The Morgan fingerprint density at radius 2 is 2.21 bits per heavy atom. The van der Waals surface area contributed by atoms with Gasteiger partial charge in [0.15, 0.2) is 0 Å². The Morgan fingerprint density at radius 3 is 2.84 bits per heavy atom. The van der Waals surface area contributed by atoms with Gasteiger partial charge in [-0.2, -0.15) is 0 Å². The zero-order chi connectivity index (χ0) is 13.8. The maximum atomic E-state index is 13.4. The minimum atomic E-state index is -0.415. The van der Waals surface area contributed by atoms with Crippen LogP contribution < -0.4 is 11.3 Å². The number of halogens is 2. The first kappa shape index (κ1) is 13.9. The summed E-state index contributed by atoms with van der Waals surface area (Å²) in [5.74, 6) is 5.18. The molecule has 1 aromatic heterocycles. The number of pyridine rings is 1. The van der Waals surface area contributed by atoms with Crippen molar-refractivity contribution in [1.29, 1.82) is 0 Å². The van der Waals surface area contributed by atoms with Crippen molar-refractivity contribution >= 4 is 11.6 Å². The predicted molar refractivity (Wildman–Crippen MR) is 74.2 cm³/mol. The molecule has 3 N–H and O–H groups in total. The number of nitrogens with two attached hydrogens (primary N) is 1. The minimum absolute atomic E-state index is 0.0939. The monoisotopic (exact) mass is 279 g/mol. The summed E-state index contributed by atoms with van der Waals surface area (Å²) in [4.78, 5) is 4.05. The molecular weight excluding hydrogens is 265 g/mol. The van der Waals surface area contributed by atoms with Crippen LogP contribution in [-0.2, 0) is 6.42 Å². The van der Waals surface area contributed by atoms with Gasteiger partial charge in [-0.15, -0.1) is 0 Å². The van der Waals surface area contributed by atoms with E-state index in [1.54, 1.807) is 24.5 Å². The Kier molecular flexibility index (Phi) is 4.47. The van der Waals surface area contributed by atoms with Crippen molar-refractivity contribution in [1.82, 2.24) is 10.4 Å². The Balaban J connectivity index is 2.24. The highest BCUT2D eigenvalue weighted by Crippen LogP contribution is 2.22. The SMILES string of the molecule is Cc1cnccc1C(Cc1ccc(Cl)c(F)c1)NN. The summed E-state index contributed by atoms with van der Waals surface area (Å²) in [7, 11) is 0. The van der Waals surface area contributed by atoms with Crippen LogP contribution in [0.1, 0.15) is 22.7 Å². The highest BCUT2D eigenvalue weighted by Gasteiger charge is 2.13. The van der Waals surface area contributed by atoms with Crippen LogP contribution in [-0.4, -0.2) is 4.98 Å². The lowest BCUT2D eigenvalue weighted by Gasteiger charge is -2.18. The van der Waals surface area contributed by atoms with Gasteiger partial charge in [-0.05, 0) is 48.2 Å². The quantitative estimate of drug-likeness (QED) is 0.668. The van der Waals surface area contributed by atoms with Crippen molar-refractivity contribution < 1.29 is 4.39 Å². The van der Waals surface area contributed by atoms with E-state index in [-0.39, 0.29) is 11.1 Å². The molecule has 0 saturated carbocycles. The van der Waals surface area contributed by atoms with Crippen molar-refractivity contribution in [3.8, 4) is 0 Å². The van der Waals surface area contributed by atoms with Gasteiger partial charge in [0.1, 0.15) is 5.82 Å². The summed E-state index contributed by atoms with van der Waals surface area (Å²) in [6.07, 6.45) is 4.08. The van der Waals surface area contributed by atoms with E-state index < -0.39 is 5.82 Å². The number of rotatable bonds is 4. The molecule has 0 aliphatic heterocycles. The standard InChI is InChI=1S/C14H15ClFN3/c1-9-8-18-5-4-11(9)14(19-17)7-10-2-3-12(15)13(16)6-10/h2-6,8,14,19H,7,17H2,1H3. The van der Waals surface area contributed by atoms with Crippen LogP contribution in [0.5, 0.6) is 0 Å². The van der Waals surface area contributed by atoms with Crippen molar-refractivity contribution in [3.63, 3.8) is 0 Å². The fourth-order valence-corrected chi connectivity index (χ4v) is 2.15. The maximum absolute atomic E-state index is 13.4. The zero-order valence-electron chi connectivity index (χ0n) is 10.5. The number of hydrazine groups is 1. The molecule has 1 atom stereocenters. The number of aryl methyl sites for hydroxylation is 1. The van der Waals surface area contributed by atoms with Crippen molar-refractivity contribution in [2.24, 2.45) is 5.84 Å². The van der Waals surface area contributed by atoms with Crippen molar-refractivity contribution in [3.05, 3.63) is 64.2 Å². The Labute approximate surface area is 116 Å². The number of hydrogen-bond acceptors (Lipinski definition) is 3. The third-order valence-electron chi connectivity index (χ3n) is 3.06. The molecule has 0 aliphatic carbocycles. The van der Waals surface area contributed by atoms with Crippen LogP contribution >= 0.6 is 11.6 Å². The first-order valence-corrected chi connectivity index (χ1v) is 6.30. The third kappa shape index (κ3) is 3.29. The second-order valence-electron chi connectivity index (χ2n) is 4.40. The van der Waals surface area contributed by atoms with Gasteiger partial charge in [0, 0.05) is 12.4 Å². The summed E-state index contributed by atoms with van der Waals surface area (Å²) in [5, 5.41) is 0.126. The number of hydrogen-bond donors (Lipinski definition) is 2. The van der Waals surface area contributed by atoms with Crippen LogP contribution in [0.3, 0.4) is 0 Å². The van der Waals surface area contributed by atoms with Gasteiger partial charge in [0.05, 0.1) is 11.1 Å². The van der Waals surface area contributed by atoms with Gasteiger partial charge in [-0.3, -0.25) is 16.3 Å². The molecule has 0 amide bonds. The average Bonchev–Trinajstić information content (AvgIpc) is 2.41. The van der Waals surface area contributed by atoms with Crippen molar-refractivity contribution in [2.75, 3.05) is 0 Å². The van der Waals surface area contributed by atoms with E-state index in [2.05, 4.69) is 10.4 Å². The predicted octanol–water partition coefficient (Wildman–Crippen LogP) is 2.93. The molecule has 2 rings (SSSR count). The zero-order valence-corrected chi connectivity index (χ0v) is 11.3.